The van der Waals surface area contributed by atoms with Gasteiger partial charge in [0, 0.05) is 19.5 Å². The van der Waals surface area contributed by atoms with Crippen molar-refractivity contribution >= 4 is 11.9 Å². The number of nitrogens with one attached hydrogen (secondary N) is 1. The van der Waals surface area contributed by atoms with Crippen LogP contribution in [0.15, 0.2) is 0 Å². The van der Waals surface area contributed by atoms with Crippen molar-refractivity contribution in [3.63, 3.8) is 0 Å². The Morgan fingerprint density at radius 2 is 2.17 bits per heavy atom. The zero-order chi connectivity index (χ0) is 13.5. The molecule has 1 amide bonds. The van der Waals surface area contributed by atoms with Gasteiger partial charge >= 0.3 is 5.97 Å². The van der Waals surface area contributed by atoms with Crippen LogP contribution in [0.25, 0.3) is 0 Å². The minimum absolute atomic E-state index is 0.00653. The van der Waals surface area contributed by atoms with Crippen molar-refractivity contribution in [2.24, 2.45) is 5.92 Å². The second-order valence-electron chi connectivity index (χ2n) is 4.49. The van der Waals surface area contributed by atoms with Gasteiger partial charge in [-0.3, -0.25) is 9.59 Å². The van der Waals surface area contributed by atoms with Gasteiger partial charge < -0.3 is 20.1 Å². The molecule has 1 saturated heterocycles. The maximum absolute atomic E-state index is 12.1. The van der Waals surface area contributed by atoms with Gasteiger partial charge in [0.15, 0.2) is 0 Å². The molecule has 0 bridgehead atoms. The van der Waals surface area contributed by atoms with E-state index in [1.54, 1.807) is 11.9 Å². The van der Waals surface area contributed by atoms with E-state index < -0.39 is 11.9 Å². The highest BCUT2D eigenvalue weighted by Crippen LogP contribution is 2.21. The van der Waals surface area contributed by atoms with Gasteiger partial charge in [0.25, 0.3) is 0 Å². The molecule has 6 heteroatoms. The Morgan fingerprint density at radius 3 is 2.72 bits per heavy atom. The lowest BCUT2D eigenvalue weighted by molar-refractivity contribution is -0.145. The van der Waals surface area contributed by atoms with Crippen LogP contribution >= 0.6 is 0 Å². The zero-order valence-electron chi connectivity index (χ0n) is 11.0. The summed E-state index contributed by atoms with van der Waals surface area (Å²) in [6, 6.07) is -0.327. The maximum Gasteiger partial charge on any atom is 0.311 e. The van der Waals surface area contributed by atoms with Crippen molar-refractivity contribution in [3.05, 3.63) is 0 Å². The summed E-state index contributed by atoms with van der Waals surface area (Å²) in [6.45, 7) is 3.68. The number of hydrogen-bond acceptors (Lipinski definition) is 4. The van der Waals surface area contributed by atoms with Gasteiger partial charge in [0.1, 0.15) is 5.92 Å². The molecule has 0 aromatic rings. The Labute approximate surface area is 107 Å². The standard InChI is InChI=1S/C12H22N2O4/c1-3-6-14(11(15)4-5-13-2)10-8-18-7-9(10)12(16)17/h9-10,13H,3-8H2,1-2H3,(H,16,17). The highest BCUT2D eigenvalue weighted by Gasteiger charge is 2.39. The Kier molecular flexibility index (Phi) is 6.07. The molecule has 0 saturated carbocycles. The van der Waals surface area contributed by atoms with E-state index in [1.165, 1.54) is 0 Å². The van der Waals surface area contributed by atoms with Crippen LogP contribution in [-0.2, 0) is 14.3 Å². The van der Waals surface area contributed by atoms with E-state index in [0.29, 0.717) is 26.1 Å². The Morgan fingerprint density at radius 1 is 1.44 bits per heavy atom. The third-order valence-electron chi connectivity index (χ3n) is 3.14. The van der Waals surface area contributed by atoms with E-state index in [2.05, 4.69) is 5.32 Å². The third-order valence-corrected chi connectivity index (χ3v) is 3.14. The minimum Gasteiger partial charge on any atom is -0.481 e. The summed E-state index contributed by atoms with van der Waals surface area (Å²) in [7, 11) is 1.79. The number of hydrogen-bond donors (Lipinski definition) is 2. The number of nitrogens with zero attached hydrogens (tertiary/aromatic N) is 1. The summed E-state index contributed by atoms with van der Waals surface area (Å²) in [4.78, 5) is 24.9. The number of carbonyl (C=O) groups is 2. The fourth-order valence-corrected chi connectivity index (χ4v) is 2.18. The van der Waals surface area contributed by atoms with Gasteiger partial charge in [-0.1, -0.05) is 6.92 Å². The Balaban J connectivity index is 2.70. The number of amides is 1. The molecule has 6 nitrogen and oxygen atoms in total. The van der Waals surface area contributed by atoms with E-state index in [0.717, 1.165) is 6.42 Å². The fourth-order valence-electron chi connectivity index (χ4n) is 2.18. The summed E-state index contributed by atoms with van der Waals surface area (Å²) in [5.41, 5.74) is 0. The second kappa shape index (κ2) is 7.33. The van der Waals surface area contributed by atoms with Crippen LogP contribution < -0.4 is 5.32 Å². The molecule has 0 aromatic carbocycles. The van der Waals surface area contributed by atoms with Crippen molar-refractivity contribution < 1.29 is 19.4 Å². The molecule has 0 spiro atoms. The van der Waals surface area contributed by atoms with Gasteiger partial charge in [-0.15, -0.1) is 0 Å². The molecule has 104 valence electrons. The van der Waals surface area contributed by atoms with E-state index >= 15 is 0 Å². The van der Waals surface area contributed by atoms with Crippen LogP contribution in [0.5, 0.6) is 0 Å². The normalized spacial score (nSPS) is 23.0. The number of carboxylic acid groups (broad SMARTS) is 1. The van der Waals surface area contributed by atoms with E-state index in [-0.39, 0.29) is 18.6 Å². The highest BCUT2D eigenvalue weighted by atomic mass is 16.5. The molecule has 1 aliphatic heterocycles. The lowest BCUT2D eigenvalue weighted by atomic mass is 10.0. The quantitative estimate of drug-likeness (QED) is 0.668. The van der Waals surface area contributed by atoms with Crippen molar-refractivity contribution in [3.8, 4) is 0 Å². The van der Waals surface area contributed by atoms with Gasteiger partial charge in [0.2, 0.25) is 5.91 Å². The molecule has 1 rings (SSSR count). The molecule has 0 radical (unpaired) electrons. The zero-order valence-corrected chi connectivity index (χ0v) is 11.0. The SMILES string of the molecule is CCCN(C(=O)CCNC)C1COCC1C(=O)O. The summed E-state index contributed by atoms with van der Waals surface area (Å²) < 4.78 is 5.22. The van der Waals surface area contributed by atoms with Crippen LogP contribution in [0.3, 0.4) is 0 Å². The van der Waals surface area contributed by atoms with Gasteiger partial charge in [-0.2, -0.15) is 0 Å². The first-order valence-corrected chi connectivity index (χ1v) is 6.36. The van der Waals surface area contributed by atoms with Crippen molar-refractivity contribution in [2.75, 3.05) is 33.4 Å². The van der Waals surface area contributed by atoms with Crippen molar-refractivity contribution in [2.45, 2.75) is 25.8 Å². The first-order valence-electron chi connectivity index (χ1n) is 6.36. The fraction of sp³-hybridized carbons (Fsp3) is 0.833. The number of carboxylic acids is 1. The first kappa shape index (κ1) is 14.9. The minimum atomic E-state index is -0.889. The van der Waals surface area contributed by atoms with Crippen LogP contribution in [-0.4, -0.2) is 61.3 Å². The van der Waals surface area contributed by atoms with Crippen molar-refractivity contribution in [1.82, 2.24) is 10.2 Å². The monoisotopic (exact) mass is 258 g/mol. The maximum atomic E-state index is 12.1. The molecule has 2 atom stereocenters. The summed E-state index contributed by atoms with van der Waals surface area (Å²) in [6.07, 6.45) is 1.20. The lowest BCUT2D eigenvalue weighted by Crippen LogP contribution is -2.47. The third kappa shape index (κ3) is 3.68. The average molecular weight is 258 g/mol. The van der Waals surface area contributed by atoms with Crippen LogP contribution in [0.1, 0.15) is 19.8 Å². The van der Waals surface area contributed by atoms with Crippen LogP contribution in [0.2, 0.25) is 0 Å². The van der Waals surface area contributed by atoms with Gasteiger partial charge in [-0.25, -0.2) is 0 Å². The first-order chi connectivity index (χ1) is 8.61. The number of aliphatic carboxylic acids is 1. The molecule has 2 unspecified atom stereocenters. The van der Waals surface area contributed by atoms with Gasteiger partial charge in [0.05, 0.1) is 19.3 Å². The van der Waals surface area contributed by atoms with Gasteiger partial charge in [-0.05, 0) is 13.5 Å². The molecule has 18 heavy (non-hydrogen) atoms. The van der Waals surface area contributed by atoms with Crippen molar-refractivity contribution in [1.29, 1.82) is 0 Å². The molecule has 1 fully saturated rings. The summed E-state index contributed by atoms with van der Waals surface area (Å²) in [5.74, 6) is -1.50. The van der Waals surface area contributed by atoms with Crippen LogP contribution in [0.4, 0.5) is 0 Å². The Bertz CT molecular complexity index is 296. The van der Waals surface area contributed by atoms with Crippen LogP contribution in [0, 0.1) is 5.92 Å². The van der Waals surface area contributed by atoms with E-state index in [1.807, 2.05) is 6.92 Å². The predicted molar refractivity (Wildman–Crippen MR) is 66.3 cm³/mol. The van der Waals surface area contributed by atoms with E-state index in [4.69, 9.17) is 9.84 Å². The molecule has 2 N–H and O–H groups in total. The summed E-state index contributed by atoms with van der Waals surface area (Å²) in [5, 5.41) is 12.1. The lowest BCUT2D eigenvalue weighted by Gasteiger charge is -2.30. The Hall–Kier alpha value is -1.14. The number of rotatable bonds is 7. The highest BCUT2D eigenvalue weighted by molar-refractivity contribution is 5.78. The molecule has 1 heterocycles. The molecule has 1 aliphatic rings. The molecule has 0 aromatic heterocycles. The predicted octanol–water partition coefficient (Wildman–Crippen LogP) is -0.0659. The average Bonchev–Trinajstić information content (AvgIpc) is 2.81. The van der Waals surface area contributed by atoms with E-state index in [9.17, 15) is 9.59 Å². The molecular weight excluding hydrogens is 236 g/mol. The largest absolute Gasteiger partial charge is 0.481 e. The number of ether oxygens (including phenoxy) is 1. The number of carbonyl (C=O) groups excluding carboxylic acids is 1. The summed E-state index contributed by atoms with van der Waals surface area (Å²) >= 11 is 0. The molecular formula is C12H22N2O4. The molecule has 0 aliphatic carbocycles. The smallest absolute Gasteiger partial charge is 0.311 e. The topological polar surface area (TPSA) is 78.9 Å². The second-order valence-corrected chi connectivity index (χ2v) is 4.49.